The zero-order valence-electron chi connectivity index (χ0n) is 9.90. The van der Waals surface area contributed by atoms with E-state index in [9.17, 15) is 0 Å². The summed E-state index contributed by atoms with van der Waals surface area (Å²) in [7, 11) is 0. The minimum Gasteiger partial charge on any atom is -0.305 e. The van der Waals surface area contributed by atoms with Crippen LogP contribution in [0, 0.1) is 6.92 Å². The Morgan fingerprint density at radius 1 is 1.41 bits per heavy atom. The van der Waals surface area contributed by atoms with E-state index < -0.39 is 0 Å². The minimum atomic E-state index is 0.242. The normalized spacial score (nSPS) is 12.6. The predicted octanol–water partition coefficient (Wildman–Crippen LogP) is 3.96. The van der Waals surface area contributed by atoms with Crippen LogP contribution < -0.4 is 5.32 Å². The molecule has 0 saturated heterocycles. The largest absolute Gasteiger partial charge is 0.305 e. The molecule has 0 spiro atoms. The van der Waals surface area contributed by atoms with Crippen LogP contribution in [-0.2, 0) is 6.54 Å². The summed E-state index contributed by atoms with van der Waals surface area (Å²) in [5, 5.41) is 5.37. The highest BCUT2D eigenvalue weighted by Crippen LogP contribution is 2.22. The molecule has 1 atom stereocenters. The Morgan fingerprint density at radius 3 is 2.82 bits per heavy atom. The van der Waals surface area contributed by atoms with E-state index in [0.717, 1.165) is 22.1 Å². The highest BCUT2D eigenvalue weighted by molar-refractivity contribution is 7.11. The van der Waals surface area contributed by atoms with Gasteiger partial charge in [-0.3, -0.25) is 0 Å². The van der Waals surface area contributed by atoms with E-state index in [1.54, 1.807) is 11.3 Å². The molecule has 0 aliphatic heterocycles. The van der Waals surface area contributed by atoms with Crippen molar-refractivity contribution < 1.29 is 0 Å². The Hall–Kier alpha value is -0.900. The Balaban J connectivity index is 1.98. The first-order valence-electron chi connectivity index (χ1n) is 5.56. The van der Waals surface area contributed by atoms with E-state index in [0.29, 0.717) is 0 Å². The fourth-order valence-corrected chi connectivity index (χ4v) is 2.72. The summed E-state index contributed by atoms with van der Waals surface area (Å²) in [5.41, 5.74) is 1.13. The van der Waals surface area contributed by atoms with Gasteiger partial charge in [0.05, 0.1) is 5.01 Å². The third-order valence-corrected chi connectivity index (χ3v) is 3.88. The maximum atomic E-state index is 6.16. The van der Waals surface area contributed by atoms with Gasteiger partial charge < -0.3 is 5.32 Å². The van der Waals surface area contributed by atoms with Crippen LogP contribution in [0.5, 0.6) is 0 Å². The van der Waals surface area contributed by atoms with Gasteiger partial charge in [-0.15, -0.1) is 11.3 Å². The third-order valence-electron chi connectivity index (χ3n) is 2.62. The van der Waals surface area contributed by atoms with Gasteiger partial charge in [0, 0.05) is 28.7 Å². The predicted molar refractivity (Wildman–Crippen MR) is 73.6 cm³/mol. The van der Waals surface area contributed by atoms with Crippen molar-refractivity contribution in [3.8, 4) is 0 Å². The van der Waals surface area contributed by atoms with Crippen LogP contribution in [0.15, 0.2) is 30.5 Å². The van der Waals surface area contributed by atoms with E-state index in [1.807, 2.05) is 31.3 Å². The molecule has 0 aliphatic rings. The molecule has 0 bridgehead atoms. The molecule has 1 aromatic carbocycles. The smallest absolute Gasteiger partial charge is 0.0897 e. The van der Waals surface area contributed by atoms with E-state index in [-0.39, 0.29) is 6.04 Å². The Labute approximate surface area is 111 Å². The van der Waals surface area contributed by atoms with Gasteiger partial charge in [0.25, 0.3) is 0 Å². The summed E-state index contributed by atoms with van der Waals surface area (Å²) in [5.74, 6) is 0. The number of nitrogens with zero attached hydrogens (tertiary/aromatic N) is 1. The fourth-order valence-electron chi connectivity index (χ4n) is 1.68. The monoisotopic (exact) mass is 266 g/mol. The molecule has 0 amide bonds. The van der Waals surface area contributed by atoms with Crippen LogP contribution in [0.25, 0.3) is 0 Å². The second kappa shape index (κ2) is 5.63. The van der Waals surface area contributed by atoms with Crippen molar-refractivity contribution in [2.24, 2.45) is 0 Å². The van der Waals surface area contributed by atoms with Crippen molar-refractivity contribution >= 4 is 22.9 Å². The highest BCUT2D eigenvalue weighted by Gasteiger charge is 2.08. The van der Waals surface area contributed by atoms with E-state index in [4.69, 9.17) is 11.6 Å². The molecule has 0 radical (unpaired) electrons. The maximum Gasteiger partial charge on any atom is 0.0897 e. The zero-order chi connectivity index (χ0) is 12.3. The maximum absolute atomic E-state index is 6.16. The minimum absolute atomic E-state index is 0.242. The first-order chi connectivity index (χ1) is 8.16. The zero-order valence-corrected chi connectivity index (χ0v) is 11.5. The summed E-state index contributed by atoms with van der Waals surface area (Å²) in [6, 6.07) is 8.18. The van der Waals surface area contributed by atoms with Gasteiger partial charge in [0.15, 0.2) is 0 Å². The third kappa shape index (κ3) is 3.28. The second-order valence-electron chi connectivity index (χ2n) is 3.97. The van der Waals surface area contributed by atoms with Crippen LogP contribution in [-0.4, -0.2) is 4.98 Å². The molecule has 0 saturated carbocycles. The molecule has 2 nitrogen and oxygen atoms in total. The number of aryl methyl sites for hydroxylation is 1. The number of thiazole rings is 1. The van der Waals surface area contributed by atoms with Gasteiger partial charge in [-0.1, -0.05) is 29.8 Å². The summed E-state index contributed by atoms with van der Waals surface area (Å²) < 4.78 is 0. The summed E-state index contributed by atoms with van der Waals surface area (Å²) >= 11 is 7.88. The summed E-state index contributed by atoms with van der Waals surface area (Å²) in [6.07, 6.45) is 1.92. The van der Waals surface area contributed by atoms with Crippen molar-refractivity contribution in [3.05, 3.63) is 50.9 Å². The molecule has 0 fully saturated rings. The lowest BCUT2D eigenvalue weighted by Gasteiger charge is -2.14. The van der Waals surface area contributed by atoms with E-state index in [2.05, 4.69) is 23.3 Å². The van der Waals surface area contributed by atoms with Crippen LogP contribution in [0.3, 0.4) is 0 Å². The number of nitrogens with one attached hydrogen (secondary N) is 1. The SMILES string of the molecule is Cc1ncc(CN[C@@H](C)c2ccccc2Cl)s1. The van der Waals surface area contributed by atoms with Crippen molar-refractivity contribution in [1.82, 2.24) is 10.3 Å². The fraction of sp³-hybridized carbons (Fsp3) is 0.308. The molecule has 0 aliphatic carbocycles. The molecule has 17 heavy (non-hydrogen) atoms. The first kappa shape index (κ1) is 12.6. The van der Waals surface area contributed by atoms with Crippen molar-refractivity contribution in [2.75, 3.05) is 0 Å². The molecular weight excluding hydrogens is 252 g/mol. The van der Waals surface area contributed by atoms with Gasteiger partial charge in [-0.2, -0.15) is 0 Å². The highest BCUT2D eigenvalue weighted by atomic mass is 35.5. The molecule has 4 heteroatoms. The van der Waals surface area contributed by atoms with Crippen molar-refractivity contribution in [2.45, 2.75) is 26.4 Å². The number of benzene rings is 1. The van der Waals surface area contributed by atoms with Crippen molar-refractivity contribution in [3.63, 3.8) is 0 Å². The van der Waals surface area contributed by atoms with Crippen molar-refractivity contribution in [1.29, 1.82) is 0 Å². The Kier molecular flexibility index (Phi) is 4.15. The molecule has 0 unspecified atom stereocenters. The Morgan fingerprint density at radius 2 is 2.18 bits per heavy atom. The number of halogens is 1. The molecule has 1 N–H and O–H groups in total. The molecule has 2 aromatic rings. The molecule has 2 rings (SSSR count). The van der Waals surface area contributed by atoms with E-state index in [1.165, 1.54) is 4.88 Å². The summed E-state index contributed by atoms with van der Waals surface area (Å²) in [6.45, 7) is 4.97. The van der Waals surface area contributed by atoms with Gasteiger partial charge in [0.2, 0.25) is 0 Å². The molecule has 1 heterocycles. The van der Waals surface area contributed by atoms with E-state index >= 15 is 0 Å². The molecular formula is C13H15ClN2S. The van der Waals surface area contributed by atoms with Crippen LogP contribution >= 0.6 is 22.9 Å². The summed E-state index contributed by atoms with van der Waals surface area (Å²) in [4.78, 5) is 5.49. The average Bonchev–Trinajstić information content (AvgIpc) is 2.73. The van der Waals surface area contributed by atoms with Crippen LogP contribution in [0.4, 0.5) is 0 Å². The molecule has 1 aromatic heterocycles. The Bertz CT molecular complexity index is 496. The lowest BCUT2D eigenvalue weighted by Crippen LogP contribution is -2.17. The quantitative estimate of drug-likeness (QED) is 0.906. The molecule has 90 valence electrons. The van der Waals surface area contributed by atoms with Gasteiger partial charge >= 0.3 is 0 Å². The van der Waals surface area contributed by atoms with Crippen LogP contribution in [0.1, 0.15) is 28.4 Å². The number of rotatable bonds is 4. The number of hydrogen-bond acceptors (Lipinski definition) is 3. The topological polar surface area (TPSA) is 24.9 Å². The van der Waals surface area contributed by atoms with Crippen LogP contribution in [0.2, 0.25) is 5.02 Å². The number of aromatic nitrogens is 1. The van der Waals surface area contributed by atoms with Gasteiger partial charge in [-0.25, -0.2) is 4.98 Å². The van der Waals surface area contributed by atoms with Gasteiger partial charge in [0.1, 0.15) is 0 Å². The lowest BCUT2D eigenvalue weighted by molar-refractivity contribution is 0.578. The number of hydrogen-bond donors (Lipinski definition) is 1. The van der Waals surface area contributed by atoms with Gasteiger partial charge in [-0.05, 0) is 25.5 Å². The first-order valence-corrected chi connectivity index (χ1v) is 6.75. The lowest BCUT2D eigenvalue weighted by atomic mass is 10.1. The second-order valence-corrected chi connectivity index (χ2v) is 5.70. The average molecular weight is 267 g/mol. The standard InChI is InChI=1S/C13H15ClN2S/c1-9(12-5-3-4-6-13(12)14)15-7-11-8-16-10(2)17-11/h3-6,8-9,15H,7H2,1-2H3/t9-/m0/s1.